The van der Waals surface area contributed by atoms with Crippen LogP contribution in [0.5, 0.6) is 0 Å². The predicted molar refractivity (Wildman–Crippen MR) is 109 cm³/mol. The van der Waals surface area contributed by atoms with Crippen molar-refractivity contribution >= 4 is 29.7 Å². The first-order chi connectivity index (χ1) is 14.0. The van der Waals surface area contributed by atoms with Crippen LogP contribution in [0, 0.1) is 30.5 Å². The van der Waals surface area contributed by atoms with Gasteiger partial charge in [-0.2, -0.15) is 0 Å². The standard InChI is InChI=1S/C20H22FN7O/c1-9-2-5-12(7-13(9)21)25-20-27-18-16(23-8-24-18)19(28-20)26-15-11-4-3-10(6-11)14(15)17(22)29/h2-5,7-8,10-11,14-16,18H,6H2,1H3,(H2,22,29)(H,23,24)(H2,25,26,27,28). The number of aliphatic imine (C=N–C) groups is 3. The van der Waals surface area contributed by atoms with E-state index >= 15 is 0 Å². The molecule has 2 heterocycles. The fourth-order valence-corrected chi connectivity index (χ4v) is 4.56. The highest BCUT2D eigenvalue weighted by molar-refractivity contribution is 6.10. The van der Waals surface area contributed by atoms with E-state index in [9.17, 15) is 9.18 Å². The highest BCUT2D eigenvalue weighted by Crippen LogP contribution is 2.45. The zero-order chi connectivity index (χ0) is 20.1. The number of benzene rings is 1. The molecule has 4 aliphatic rings. The van der Waals surface area contributed by atoms with Crippen molar-refractivity contribution in [1.29, 1.82) is 0 Å². The largest absolute Gasteiger partial charge is 0.369 e. The summed E-state index contributed by atoms with van der Waals surface area (Å²) >= 11 is 0. The molecule has 1 saturated carbocycles. The van der Waals surface area contributed by atoms with Gasteiger partial charge in [0.1, 0.15) is 17.7 Å². The number of amidine groups is 1. The van der Waals surface area contributed by atoms with Gasteiger partial charge in [-0.3, -0.25) is 9.79 Å². The molecule has 29 heavy (non-hydrogen) atoms. The van der Waals surface area contributed by atoms with Gasteiger partial charge in [-0.1, -0.05) is 18.2 Å². The molecule has 2 aliphatic heterocycles. The quantitative estimate of drug-likeness (QED) is 0.569. The number of rotatable bonds is 3. The number of fused-ring (bicyclic) bond motifs is 3. The van der Waals surface area contributed by atoms with Gasteiger partial charge in [0, 0.05) is 11.6 Å². The molecule has 0 radical (unpaired) electrons. The molecule has 150 valence electrons. The maximum absolute atomic E-state index is 13.9. The van der Waals surface area contributed by atoms with Crippen LogP contribution in [0.2, 0.25) is 0 Å². The lowest BCUT2D eigenvalue weighted by molar-refractivity contribution is -0.122. The first kappa shape index (κ1) is 17.8. The van der Waals surface area contributed by atoms with Crippen LogP contribution in [0.4, 0.5) is 10.1 Å². The van der Waals surface area contributed by atoms with Crippen molar-refractivity contribution in [2.45, 2.75) is 31.6 Å². The minimum atomic E-state index is -0.381. The molecule has 2 bridgehead atoms. The topological polar surface area (TPSA) is 116 Å². The van der Waals surface area contributed by atoms with Gasteiger partial charge in [0.05, 0.1) is 18.3 Å². The number of nitrogens with two attached hydrogens (primary N) is 1. The highest BCUT2D eigenvalue weighted by atomic mass is 19.1. The number of primary amides is 1. The number of amides is 1. The Kier molecular flexibility index (Phi) is 4.11. The molecular formula is C20H22FN7O. The molecule has 5 rings (SSSR count). The average molecular weight is 395 g/mol. The van der Waals surface area contributed by atoms with Gasteiger partial charge in [0.15, 0.2) is 6.17 Å². The minimum absolute atomic E-state index is 0.154. The van der Waals surface area contributed by atoms with Crippen LogP contribution >= 0.6 is 0 Å². The van der Waals surface area contributed by atoms with E-state index in [-0.39, 0.29) is 47.7 Å². The molecule has 8 nitrogen and oxygen atoms in total. The second kappa shape index (κ2) is 6.68. The fraction of sp³-hybridized carbons (Fsp3) is 0.400. The smallest absolute Gasteiger partial charge is 0.223 e. The first-order valence-corrected chi connectivity index (χ1v) is 9.70. The summed E-state index contributed by atoms with van der Waals surface area (Å²) in [6.07, 6.45) is 6.32. The SMILES string of the molecule is Cc1ccc(NC2=NC3N=CNC3C(=NC3C4C=CC(C4)C3C(N)=O)N2)cc1F. The second-order valence-corrected chi connectivity index (χ2v) is 7.91. The predicted octanol–water partition coefficient (Wildman–Crippen LogP) is 0.906. The van der Waals surface area contributed by atoms with E-state index in [1.54, 1.807) is 25.4 Å². The molecular weight excluding hydrogens is 373 g/mol. The van der Waals surface area contributed by atoms with Gasteiger partial charge < -0.3 is 21.7 Å². The van der Waals surface area contributed by atoms with Gasteiger partial charge in [0.2, 0.25) is 11.9 Å². The Bertz CT molecular complexity index is 985. The van der Waals surface area contributed by atoms with Crippen molar-refractivity contribution in [3.05, 3.63) is 41.7 Å². The number of nitrogens with one attached hydrogen (secondary N) is 3. The fourth-order valence-electron chi connectivity index (χ4n) is 4.56. The third kappa shape index (κ3) is 3.06. The number of anilines is 1. The monoisotopic (exact) mass is 395 g/mol. The van der Waals surface area contributed by atoms with E-state index in [2.05, 4.69) is 38.1 Å². The molecule has 0 saturated heterocycles. The van der Waals surface area contributed by atoms with Crippen LogP contribution in [0.3, 0.4) is 0 Å². The Morgan fingerprint density at radius 2 is 2.17 bits per heavy atom. The zero-order valence-corrected chi connectivity index (χ0v) is 15.8. The van der Waals surface area contributed by atoms with Crippen molar-refractivity contribution < 1.29 is 9.18 Å². The van der Waals surface area contributed by atoms with E-state index in [0.717, 1.165) is 6.42 Å². The van der Waals surface area contributed by atoms with E-state index in [0.29, 0.717) is 23.0 Å². The Morgan fingerprint density at radius 3 is 2.97 bits per heavy atom. The second-order valence-electron chi connectivity index (χ2n) is 7.91. The van der Waals surface area contributed by atoms with Crippen LogP contribution < -0.4 is 21.7 Å². The molecule has 2 aliphatic carbocycles. The number of hydrogen-bond donors (Lipinski definition) is 4. The number of carbonyl (C=O) groups excluding carboxylic acids is 1. The van der Waals surface area contributed by atoms with Crippen molar-refractivity contribution in [3.63, 3.8) is 0 Å². The van der Waals surface area contributed by atoms with Crippen LogP contribution in [0.25, 0.3) is 0 Å². The van der Waals surface area contributed by atoms with Crippen LogP contribution in [0.15, 0.2) is 45.3 Å². The summed E-state index contributed by atoms with van der Waals surface area (Å²) in [6, 6.07) is 4.47. The molecule has 1 fully saturated rings. The molecule has 1 aromatic carbocycles. The third-order valence-electron chi connectivity index (χ3n) is 6.05. The molecule has 9 heteroatoms. The molecule has 1 amide bonds. The molecule has 1 aromatic rings. The van der Waals surface area contributed by atoms with E-state index < -0.39 is 0 Å². The molecule has 0 aromatic heterocycles. The van der Waals surface area contributed by atoms with Crippen molar-refractivity contribution in [2.75, 3.05) is 5.32 Å². The van der Waals surface area contributed by atoms with E-state index in [1.807, 2.05) is 0 Å². The number of aryl methyl sites for hydroxylation is 1. The number of carbonyl (C=O) groups is 1. The number of guanidine groups is 1. The maximum atomic E-state index is 13.9. The Labute approximate surface area is 167 Å². The summed E-state index contributed by atoms with van der Waals surface area (Å²) in [6.45, 7) is 1.71. The Morgan fingerprint density at radius 1 is 1.34 bits per heavy atom. The highest BCUT2D eigenvalue weighted by Gasteiger charge is 2.48. The summed E-state index contributed by atoms with van der Waals surface area (Å²) in [5.74, 6) is 0.521. The van der Waals surface area contributed by atoms with Gasteiger partial charge in [0.25, 0.3) is 0 Å². The minimum Gasteiger partial charge on any atom is -0.369 e. The summed E-state index contributed by atoms with van der Waals surface area (Å²) in [5.41, 5.74) is 6.81. The number of halogens is 1. The normalized spacial score (nSPS) is 35.2. The number of nitrogens with zero attached hydrogens (tertiary/aromatic N) is 3. The lowest BCUT2D eigenvalue weighted by Crippen LogP contribution is -2.55. The maximum Gasteiger partial charge on any atom is 0.223 e. The molecule has 6 atom stereocenters. The van der Waals surface area contributed by atoms with Crippen molar-refractivity contribution in [1.82, 2.24) is 10.6 Å². The van der Waals surface area contributed by atoms with Gasteiger partial charge >= 0.3 is 0 Å². The molecule has 0 spiro atoms. The van der Waals surface area contributed by atoms with Crippen molar-refractivity contribution in [3.8, 4) is 0 Å². The Hall–Kier alpha value is -3.23. The average Bonchev–Trinajstić information content (AvgIpc) is 3.40. The van der Waals surface area contributed by atoms with Gasteiger partial charge in [-0.15, -0.1) is 0 Å². The van der Waals surface area contributed by atoms with Crippen molar-refractivity contribution in [2.24, 2.45) is 38.5 Å². The third-order valence-corrected chi connectivity index (χ3v) is 6.05. The number of allylic oxidation sites excluding steroid dienone is 1. The summed E-state index contributed by atoms with van der Waals surface area (Å²) in [7, 11) is 0. The lowest BCUT2D eigenvalue weighted by atomic mass is 9.88. The summed E-state index contributed by atoms with van der Waals surface area (Å²) < 4.78 is 13.9. The van der Waals surface area contributed by atoms with Gasteiger partial charge in [-0.05, 0) is 37.0 Å². The first-order valence-electron chi connectivity index (χ1n) is 9.70. The van der Waals surface area contributed by atoms with Gasteiger partial charge in [-0.25, -0.2) is 14.4 Å². The lowest BCUT2D eigenvalue weighted by Gasteiger charge is -2.29. The zero-order valence-electron chi connectivity index (χ0n) is 15.8. The number of hydrogen-bond acceptors (Lipinski definition) is 6. The Balaban J connectivity index is 1.43. The van der Waals surface area contributed by atoms with E-state index in [1.165, 1.54) is 6.07 Å². The van der Waals surface area contributed by atoms with Crippen LogP contribution in [0.1, 0.15) is 12.0 Å². The van der Waals surface area contributed by atoms with Crippen LogP contribution in [-0.2, 0) is 4.79 Å². The van der Waals surface area contributed by atoms with Crippen LogP contribution in [-0.4, -0.2) is 42.3 Å². The molecule has 6 unspecified atom stereocenters. The summed E-state index contributed by atoms with van der Waals surface area (Å²) in [4.78, 5) is 25.8. The summed E-state index contributed by atoms with van der Waals surface area (Å²) in [5, 5.41) is 9.45. The molecule has 5 N–H and O–H groups in total. The van der Waals surface area contributed by atoms with E-state index in [4.69, 9.17) is 10.7 Å².